The molecule has 2 nitrogen and oxygen atoms in total. The SMILES string of the molecule is Brc1cccc(Nc2ccccc2I)n1. The standard InChI is InChI=1S/C11H8BrIN2/c12-10-6-3-7-11(15-10)14-9-5-2-1-4-8(9)13/h1-7H,(H,14,15). The maximum Gasteiger partial charge on any atom is 0.131 e. The number of nitrogens with zero attached hydrogens (tertiary/aromatic N) is 1. The molecule has 0 radical (unpaired) electrons. The van der Waals surface area contributed by atoms with Crippen LogP contribution in [0.15, 0.2) is 47.1 Å². The number of rotatable bonds is 2. The van der Waals surface area contributed by atoms with Gasteiger partial charge in [-0.3, -0.25) is 0 Å². The largest absolute Gasteiger partial charge is 0.339 e. The number of para-hydroxylation sites is 1. The first-order valence-electron chi connectivity index (χ1n) is 4.40. The summed E-state index contributed by atoms with van der Waals surface area (Å²) in [5.74, 6) is 0.841. The highest BCUT2D eigenvalue weighted by Gasteiger charge is 1.99. The first-order valence-corrected chi connectivity index (χ1v) is 6.27. The van der Waals surface area contributed by atoms with Crippen molar-refractivity contribution >= 4 is 50.0 Å². The van der Waals surface area contributed by atoms with E-state index in [0.29, 0.717) is 0 Å². The van der Waals surface area contributed by atoms with E-state index in [0.717, 1.165) is 16.1 Å². The molecule has 1 heterocycles. The van der Waals surface area contributed by atoms with Gasteiger partial charge in [-0.25, -0.2) is 4.98 Å². The Labute approximate surface area is 110 Å². The molecular formula is C11H8BrIN2. The van der Waals surface area contributed by atoms with E-state index in [1.54, 1.807) is 0 Å². The lowest BCUT2D eigenvalue weighted by Gasteiger charge is -2.07. The fourth-order valence-electron chi connectivity index (χ4n) is 1.18. The van der Waals surface area contributed by atoms with Crippen LogP contribution >= 0.6 is 38.5 Å². The smallest absolute Gasteiger partial charge is 0.131 e. The number of pyridine rings is 1. The summed E-state index contributed by atoms with van der Waals surface area (Å²) in [5, 5.41) is 3.26. The second-order valence-electron chi connectivity index (χ2n) is 2.95. The Morgan fingerprint density at radius 2 is 1.87 bits per heavy atom. The quantitative estimate of drug-likeness (QED) is 0.629. The molecule has 0 aliphatic carbocycles. The summed E-state index contributed by atoms with van der Waals surface area (Å²) in [5.41, 5.74) is 1.07. The molecule has 0 aliphatic rings. The van der Waals surface area contributed by atoms with Gasteiger partial charge in [-0.05, 0) is 62.8 Å². The minimum Gasteiger partial charge on any atom is -0.339 e. The van der Waals surface area contributed by atoms with Crippen LogP contribution in [0, 0.1) is 3.57 Å². The van der Waals surface area contributed by atoms with Gasteiger partial charge < -0.3 is 5.32 Å². The van der Waals surface area contributed by atoms with Gasteiger partial charge in [0.05, 0.1) is 5.69 Å². The van der Waals surface area contributed by atoms with Gasteiger partial charge in [0, 0.05) is 3.57 Å². The summed E-state index contributed by atoms with van der Waals surface area (Å²) in [4.78, 5) is 4.31. The van der Waals surface area contributed by atoms with Gasteiger partial charge in [-0.1, -0.05) is 18.2 Å². The fraction of sp³-hybridized carbons (Fsp3) is 0. The summed E-state index contributed by atoms with van der Waals surface area (Å²) in [6, 6.07) is 13.9. The van der Waals surface area contributed by atoms with Crippen molar-refractivity contribution in [2.45, 2.75) is 0 Å². The van der Waals surface area contributed by atoms with Crippen LogP contribution in [0.2, 0.25) is 0 Å². The Morgan fingerprint density at radius 3 is 2.60 bits per heavy atom. The van der Waals surface area contributed by atoms with Gasteiger partial charge in [-0.2, -0.15) is 0 Å². The van der Waals surface area contributed by atoms with Crippen LogP contribution in [-0.2, 0) is 0 Å². The van der Waals surface area contributed by atoms with E-state index >= 15 is 0 Å². The average Bonchev–Trinajstić information content (AvgIpc) is 2.22. The molecule has 4 heteroatoms. The molecule has 2 rings (SSSR count). The lowest BCUT2D eigenvalue weighted by atomic mass is 10.3. The highest BCUT2D eigenvalue weighted by molar-refractivity contribution is 14.1. The summed E-state index contributed by atoms with van der Waals surface area (Å²) in [6.45, 7) is 0. The van der Waals surface area contributed by atoms with Crippen molar-refractivity contribution in [2.24, 2.45) is 0 Å². The van der Waals surface area contributed by atoms with Crippen molar-refractivity contribution in [2.75, 3.05) is 5.32 Å². The molecule has 2 aromatic rings. The molecule has 0 fully saturated rings. The van der Waals surface area contributed by atoms with Gasteiger partial charge in [-0.15, -0.1) is 0 Å². The predicted molar refractivity (Wildman–Crippen MR) is 74.4 cm³/mol. The minimum absolute atomic E-state index is 0.832. The number of anilines is 2. The minimum atomic E-state index is 0.832. The summed E-state index contributed by atoms with van der Waals surface area (Å²) in [7, 11) is 0. The van der Waals surface area contributed by atoms with E-state index in [1.165, 1.54) is 3.57 Å². The first-order chi connectivity index (χ1) is 7.25. The van der Waals surface area contributed by atoms with Crippen molar-refractivity contribution in [1.82, 2.24) is 4.98 Å². The Bertz CT molecular complexity index is 474. The Balaban J connectivity index is 2.26. The molecule has 76 valence electrons. The van der Waals surface area contributed by atoms with Crippen LogP contribution in [-0.4, -0.2) is 4.98 Å². The number of halogens is 2. The second-order valence-corrected chi connectivity index (χ2v) is 4.93. The molecule has 0 saturated carbocycles. The zero-order valence-corrected chi connectivity index (χ0v) is 11.5. The molecule has 0 amide bonds. The maximum atomic E-state index is 4.31. The first kappa shape index (κ1) is 10.9. The van der Waals surface area contributed by atoms with Crippen molar-refractivity contribution in [1.29, 1.82) is 0 Å². The van der Waals surface area contributed by atoms with Gasteiger partial charge in [0.25, 0.3) is 0 Å². The summed E-state index contributed by atoms with van der Waals surface area (Å²) in [6.07, 6.45) is 0. The number of hydrogen-bond acceptors (Lipinski definition) is 2. The van der Waals surface area contributed by atoms with Gasteiger partial charge in [0.2, 0.25) is 0 Å². The third-order valence-corrected chi connectivity index (χ3v) is 3.23. The molecule has 0 atom stereocenters. The lowest BCUT2D eigenvalue weighted by molar-refractivity contribution is 1.26. The van der Waals surface area contributed by atoms with E-state index in [-0.39, 0.29) is 0 Å². The monoisotopic (exact) mass is 374 g/mol. The third-order valence-electron chi connectivity index (χ3n) is 1.85. The molecule has 1 aromatic heterocycles. The van der Waals surface area contributed by atoms with Crippen molar-refractivity contribution < 1.29 is 0 Å². The molecule has 1 N–H and O–H groups in total. The zero-order chi connectivity index (χ0) is 10.7. The Hall–Kier alpha value is -0.620. The average molecular weight is 375 g/mol. The third kappa shape index (κ3) is 2.92. The van der Waals surface area contributed by atoms with Crippen molar-refractivity contribution in [3.05, 3.63) is 50.6 Å². The van der Waals surface area contributed by atoms with Gasteiger partial charge in [0.1, 0.15) is 10.4 Å². The second kappa shape index (κ2) is 4.94. The molecule has 0 spiro atoms. The van der Waals surface area contributed by atoms with E-state index in [4.69, 9.17) is 0 Å². The fourth-order valence-corrected chi connectivity index (χ4v) is 2.04. The summed E-state index contributed by atoms with van der Waals surface area (Å²) < 4.78 is 2.01. The number of benzene rings is 1. The molecular weight excluding hydrogens is 367 g/mol. The van der Waals surface area contributed by atoms with Crippen LogP contribution in [0.1, 0.15) is 0 Å². The van der Waals surface area contributed by atoms with Crippen LogP contribution in [0.25, 0.3) is 0 Å². The Kier molecular flexibility index (Phi) is 3.58. The molecule has 0 saturated heterocycles. The zero-order valence-electron chi connectivity index (χ0n) is 7.74. The van der Waals surface area contributed by atoms with E-state index in [2.05, 4.69) is 54.9 Å². The van der Waals surface area contributed by atoms with E-state index in [1.807, 2.05) is 36.4 Å². The molecule has 0 aliphatic heterocycles. The molecule has 1 aromatic carbocycles. The number of aromatic nitrogens is 1. The molecule has 0 bridgehead atoms. The normalized spacial score (nSPS) is 10.0. The van der Waals surface area contributed by atoms with Crippen molar-refractivity contribution in [3.63, 3.8) is 0 Å². The van der Waals surface area contributed by atoms with Gasteiger partial charge in [0.15, 0.2) is 0 Å². The Morgan fingerprint density at radius 1 is 1.07 bits per heavy atom. The number of hydrogen-bond donors (Lipinski definition) is 1. The van der Waals surface area contributed by atoms with Crippen LogP contribution in [0.4, 0.5) is 11.5 Å². The number of nitrogens with one attached hydrogen (secondary N) is 1. The van der Waals surface area contributed by atoms with E-state index < -0.39 is 0 Å². The van der Waals surface area contributed by atoms with Gasteiger partial charge >= 0.3 is 0 Å². The highest BCUT2D eigenvalue weighted by Crippen LogP contribution is 2.21. The van der Waals surface area contributed by atoms with Crippen LogP contribution in [0.3, 0.4) is 0 Å². The van der Waals surface area contributed by atoms with Crippen LogP contribution < -0.4 is 5.32 Å². The highest BCUT2D eigenvalue weighted by atomic mass is 127. The maximum absolute atomic E-state index is 4.31. The topological polar surface area (TPSA) is 24.9 Å². The van der Waals surface area contributed by atoms with Crippen molar-refractivity contribution in [3.8, 4) is 0 Å². The predicted octanol–water partition coefficient (Wildman–Crippen LogP) is 4.19. The molecule has 0 unspecified atom stereocenters. The van der Waals surface area contributed by atoms with Crippen LogP contribution in [0.5, 0.6) is 0 Å². The lowest BCUT2D eigenvalue weighted by Crippen LogP contribution is -1.94. The van der Waals surface area contributed by atoms with E-state index in [9.17, 15) is 0 Å². The summed E-state index contributed by atoms with van der Waals surface area (Å²) >= 11 is 5.63. The molecule has 15 heavy (non-hydrogen) atoms.